The molecule has 1 rings (SSSR count). The standard InChI is InChI=1S/C14H20N2O3/c1-9(2)7-12(8-17)16-14(19)11-5-3-10(4-6-11)13(15)18/h3-6,9,12,17H,7-8H2,1-2H3,(H2,15,18)(H,16,19). The van der Waals surface area contributed by atoms with Crippen LogP contribution < -0.4 is 11.1 Å². The zero-order valence-corrected chi connectivity index (χ0v) is 11.2. The molecule has 0 heterocycles. The molecule has 5 nitrogen and oxygen atoms in total. The van der Waals surface area contributed by atoms with Crippen molar-refractivity contribution >= 4 is 11.8 Å². The minimum atomic E-state index is -0.528. The third-order valence-corrected chi connectivity index (χ3v) is 2.74. The fraction of sp³-hybridized carbons (Fsp3) is 0.429. The van der Waals surface area contributed by atoms with E-state index in [4.69, 9.17) is 5.73 Å². The third-order valence-electron chi connectivity index (χ3n) is 2.74. The highest BCUT2D eigenvalue weighted by molar-refractivity contribution is 5.97. The van der Waals surface area contributed by atoms with E-state index in [1.54, 1.807) is 12.1 Å². The fourth-order valence-corrected chi connectivity index (χ4v) is 1.80. The van der Waals surface area contributed by atoms with Crippen molar-refractivity contribution in [2.45, 2.75) is 26.3 Å². The van der Waals surface area contributed by atoms with E-state index in [1.807, 2.05) is 13.8 Å². The van der Waals surface area contributed by atoms with Crippen molar-refractivity contribution < 1.29 is 14.7 Å². The first-order chi connectivity index (χ1) is 8.93. The molecule has 0 spiro atoms. The molecule has 5 heteroatoms. The lowest BCUT2D eigenvalue weighted by molar-refractivity contribution is 0.0907. The van der Waals surface area contributed by atoms with Crippen molar-refractivity contribution in [1.29, 1.82) is 0 Å². The van der Waals surface area contributed by atoms with Crippen LogP contribution in [0, 0.1) is 5.92 Å². The van der Waals surface area contributed by atoms with Crippen molar-refractivity contribution in [2.24, 2.45) is 11.7 Å². The molecule has 19 heavy (non-hydrogen) atoms. The molecule has 0 aliphatic rings. The maximum absolute atomic E-state index is 11.9. The van der Waals surface area contributed by atoms with Crippen LogP contribution in [0.25, 0.3) is 0 Å². The number of carbonyl (C=O) groups is 2. The van der Waals surface area contributed by atoms with E-state index >= 15 is 0 Å². The summed E-state index contributed by atoms with van der Waals surface area (Å²) in [5.74, 6) is -0.412. The van der Waals surface area contributed by atoms with E-state index in [0.29, 0.717) is 23.5 Å². The van der Waals surface area contributed by atoms with E-state index in [0.717, 1.165) is 0 Å². The first-order valence-electron chi connectivity index (χ1n) is 6.25. The van der Waals surface area contributed by atoms with Crippen LogP contribution >= 0.6 is 0 Å². The number of nitrogens with one attached hydrogen (secondary N) is 1. The second kappa shape index (κ2) is 6.89. The predicted octanol–water partition coefficient (Wildman–Crippen LogP) is 0.922. The number of rotatable bonds is 6. The molecule has 0 radical (unpaired) electrons. The molecule has 1 aromatic carbocycles. The number of benzene rings is 1. The van der Waals surface area contributed by atoms with Crippen LogP contribution in [-0.4, -0.2) is 29.6 Å². The van der Waals surface area contributed by atoms with Crippen LogP contribution in [-0.2, 0) is 0 Å². The number of carbonyl (C=O) groups excluding carboxylic acids is 2. The Morgan fingerprint density at radius 1 is 1.21 bits per heavy atom. The zero-order chi connectivity index (χ0) is 14.4. The summed E-state index contributed by atoms with van der Waals surface area (Å²) in [6.45, 7) is 3.95. The van der Waals surface area contributed by atoms with Gasteiger partial charge in [0.2, 0.25) is 5.91 Å². The second-order valence-electron chi connectivity index (χ2n) is 4.92. The number of hydrogen-bond donors (Lipinski definition) is 3. The van der Waals surface area contributed by atoms with Gasteiger partial charge in [-0.15, -0.1) is 0 Å². The van der Waals surface area contributed by atoms with Crippen LogP contribution in [0.1, 0.15) is 41.0 Å². The summed E-state index contributed by atoms with van der Waals surface area (Å²) in [6, 6.07) is 5.84. The van der Waals surface area contributed by atoms with Crippen molar-refractivity contribution in [3.8, 4) is 0 Å². The molecule has 4 N–H and O–H groups in total. The molecule has 1 aromatic rings. The van der Waals surface area contributed by atoms with Gasteiger partial charge in [0.25, 0.3) is 5.91 Å². The second-order valence-corrected chi connectivity index (χ2v) is 4.92. The van der Waals surface area contributed by atoms with Gasteiger partial charge in [-0.05, 0) is 36.6 Å². The van der Waals surface area contributed by atoms with Gasteiger partial charge in [-0.1, -0.05) is 13.8 Å². The molecule has 0 saturated carbocycles. The fourth-order valence-electron chi connectivity index (χ4n) is 1.80. The van der Waals surface area contributed by atoms with Crippen LogP contribution in [0.5, 0.6) is 0 Å². The maximum Gasteiger partial charge on any atom is 0.251 e. The molecule has 104 valence electrons. The first-order valence-corrected chi connectivity index (χ1v) is 6.25. The topological polar surface area (TPSA) is 92.4 Å². The Balaban J connectivity index is 2.69. The van der Waals surface area contributed by atoms with Crippen LogP contribution in [0.2, 0.25) is 0 Å². The number of nitrogens with two attached hydrogens (primary N) is 1. The maximum atomic E-state index is 11.9. The van der Waals surface area contributed by atoms with Crippen LogP contribution in [0.15, 0.2) is 24.3 Å². The summed E-state index contributed by atoms with van der Waals surface area (Å²) < 4.78 is 0. The average Bonchev–Trinajstić information content (AvgIpc) is 2.37. The molecular weight excluding hydrogens is 244 g/mol. The van der Waals surface area contributed by atoms with Crippen molar-refractivity contribution in [2.75, 3.05) is 6.61 Å². The Morgan fingerprint density at radius 3 is 2.16 bits per heavy atom. The Hall–Kier alpha value is -1.88. The zero-order valence-electron chi connectivity index (χ0n) is 11.2. The lowest BCUT2D eigenvalue weighted by Crippen LogP contribution is -2.38. The third kappa shape index (κ3) is 4.71. The number of hydrogen-bond acceptors (Lipinski definition) is 3. The number of aliphatic hydroxyl groups excluding tert-OH is 1. The largest absolute Gasteiger partial charge is 0.394 e. The molecule has 0 aromatic heterocycles. The number of primary amides is 1. The quantitative estimate of drug-likeness (QED) is 0.713. The molecule has 0 bridgehead atoms. The minimum Gasteiger partial charge on any atom is -0.394 e. The summed E-state index contributed by atoms with van der Waals surface area (Å²) >= 11 is 0. The van der Waals surface area contributed by atoms with E-state index < -0.39 is 5.91 Å². The summed E-state index contributed by atoms with van der Waals surface area (Å²) in [6.07, 6.45) is 0.710. The highest BCUT2D eigenvalue weighted by atomic mass is 16.3. The predicted molar refractivity (Wildman–Crippen MR) is 72.8 cm³/mol. The Bertz CT molecular complexity index is 441. The molecule has 0 aliphatic carbocycles. The normalized spacial score (nSPS) is 12.2. The van der Waals surface area contributed by atoms with E-state index in [1.165, 1.54) is 12.1 Å². The van der Waals surface area contributed by atoms with E-state index in [2.05, 4.69) is 5.32 Å². The SMILES string of the molecule is CC(C)CC(CO)NC(=O)c1ccc(C(N)=O)cc1. The Morgan fingerprint density at radius 2 is 1.74 bits per heavy atom. The highest BCUT2D eigenvalue weighted by Crippen LogP contribution is 2.07. The van der Waals surface area contributed by atoms with Gasteiger partial charge in [0.15, 0.2) is 0 Å². The molecular formula is C14H20N2O3. The van der Waals surface area contributed by atoms with E-state index in [-0.39, 0.29) is 18.6 Å². The molecule has 2 amide bonds. The van der Waals surface area contributed by atoms with Gasteiger partial charge < -0.3 is 16.2 Å². The van der Waals surface area contributed by atoms with E-state index in [9.17, 15) is 14.7 Å². The molecule has 1 unspecified atom stereocenters. The lowest BCUT2D eigenvalue weighted by Gasteiger charge is -2.18. The molecule has 0 fully saturated rings. The summed E-state index contributed by atoms with van der Waals surface area (Å²) in [7, 11) is 0. The first kappa shape index (κ1) is 15.2. The van der Waals surface area contributed by atoms with Gasteiger partial charge in [0, 0.05) is 11.1 Å². The van der Waals surface area contributed by atoms with Crippen molar-refractivity contribution in [1.82, 2.24) is 5.32 Å². The average molecular weight is 264 g/mol. The lowest BCUT2D eigenvalue weighted by atomic mass is 10.0. The number of amides is 2. The summed E-state index contributed by atoms with van der Waals surface area (Å²) in [5.41, 5.74) is 5.92. The van der Waals surface area contributed by atoms with Gasteiger partial charge in [0.1, 0.15) is 0 Å². The van der Waals surface area contributed by atoms with Crippen molar-refractivity contribution in [3.05, 3.63) is 35.4 Å². The van der Waals surface area contributed by atoms with Gasteiger partial charge in [-0.2, -0.15) is 0 Å². The molecule has 0 aliphatic heterocycles. The smallest absolute Gasteiger partial charge is 0.251 e. The summed E-state index contributed by atoms with van der Waals surface area (Å²) in [5, 5.41) is 12.0. The van der Waals surface area contributed by atoms with Crippen LogP contribution in [0.4, 0.5) is 0 Å². The van der Waals surface area contributed by atoms with Gasteiger partial charge in [-0.3, -0.25) is 9.59 Å². The van der Waals surface area contributed by atoms with Crippen LogP contribution in [0.3, 0.4) is 0 Å². The van der Waals surface area contributed by atoms with Crippen molar-refractivity contribution in [3.63, 3.8) is 0 Å². The van der Waals surface area contributed by atoms with Gasteiger partial charge in [-0.25, -0.2) is 0 Å². The monoisotopic (exact) mass is 264 g/mol. The number of aliphatic hydroxyl groups is 1. The van der Waals surface area contributed by atoms with Gasteiger partial charge in [0.05, 0.1) is 12.6 Å². The Labute approximate surface area is 112 Å². The summed E-state index contributed by atoms with van der Waals surface area (Å²) in [4.78, 5) is 22.9. The highest BCUT2D eigenvalue weighted by Gasteiger charge is 2.14. The minimum absolute atomic E-state index is 0.0940. The Kier molecular flexibility index (Phi) is 5.51. The molecule has 1 atom stereocenters. The van der Waals surface area contributed by atoms with Gasteiger partial charge >= 0.3 is 0 Å². The molecule has 0 saturated heterocycles.